The number of imidazole rings is 1. The molecule has 3 aromatic heterocycles. The maximum atomic E-state index is 11.7. The van der Waals surface area contributed by atoms with E-state index in [1.54, 1.807) is 17.9 Å². The Morgan fingerprint density at radius 2 is 1.89 bits per heavy atom. The van der Waals surface area contributed by atoms with Crippen molar-refractivity contribution in [1.82, 2.24) is 29.3 Å². The fraction of sp³-hybridized carbons (Fsp3) is 0.320. The molecule has 1 aromatic carbocycles. The van der Waals surface area contributed by atoms with Gasteiger partial charge in [0.1, 0.15) is 5.82 Å². The molecule has 11 heteroatoms. The molecule has 4 aromatic rings. The number of aromatic nitrogens is 6. The predicted octanol–water partition coefficient (Wildman–Crippen LogP) is 2.73. The Kier molecular flexibility index (Phi) is 6.63. The molecule has 1 saturated heterocycles. The summed E-state index contributed by atoms with van der Waals surface area (Å²) in [5.41, 5.74) is 3.10. The average Bonchev–Trinajstić information content (AvgIpc) is 3.53. The van der Waals surface area contributed by atoms with Crippen LogP contribution in [0.15, 0.2) is 42.6 Å². The van der Waals surface area contributed by atoms with E-state index >= 15 is 0 Å². The normalized spacial score (nSPS) is 14.0. The number of hydrogen-bond donors (Lipinski definition) is 0. The Morgan fingerprint density at radius 1 is 1.11 bits per heavy atom. The quantitative estimate of drug-likeness (QED) is 0.286. The van der Waals surface area contributed by atoms with Gasteiger partial charge in [-0.25, -0.2) is 14.5 Å². The smallest absolute Gasteiger partial charge is 0.330 e. The molecule has 0 saturated carbocycles. The molecule has 1 aliphatic rings. The molecule has 0 spiro atoms. The lowest BCUT2D eigenvalue weighted by Crippen LogP contribution is -2.37. The van der Waals surface area contributed by atoms with Gasteiger partial charge in [0.05, 0.1) is 33.0 Å². The van der Waals surface area contributed by atoms with Crippen LogP contribution in [-0.2, 0) is 20.8 Å². The number of anilines is 1. The molecule has 11 nitrogen and oxygen atoms in total. The van der Waals surface area contributed by atoms with E-state index in [1.165, 1.54) is 13.2 Å². The third kappa shape index (κ3) is 4.40. The first-order valence-electron chi connectivity index (χ1n) is 11.7. The second kappa shape index (κ2) is 10.2. The van der Waals surface area contributed by atoms with Gasteiger partial charge >= 0.3 is 5.97 Å². The van der Waals surface area contributed by atoms with E-state index in [0.29, 0.717) is 67.5 Å². The molecular weight excluding hydrogens is 462 g/mol. The van der Waals surface area contributed by atoms with E-state index in [9.17, 15) is 4.79 Å². The van der Waals surface area contributed by atoms with Crippen molar-refractivity contribution in [3.63, 3.8) is 0 Å². The largest absolute Gasteiger partial charge is 0.479 e. The lowest BCUT2D eigenvalue weighted by Gasteiger charge is -2.28. The van der Waals surface area contributed by atoms with Gasteiger partial charge in [-0.3, -0.25) is 0 Å². The Morgan fingerprint density at radius 3 is 2.58 bits per heavy atom. The van der Waals surface area contributed by atoms with Crippen LogP contribution in [-0.4, -0.2) is 75.8 Å². The number of rotatable bonds is 7. The lowest BCUT2D eigenvalue weighted by molar-refractivity contribution is -0.134. The number of fused-ring (bicyclic) bond motifs is 1. The molecule has 0 radical (unpaired) electrons. The standard InChI is InChI=1S/C25H27N7O4/c1-4-31-19(10-11-20(33)34-2)26-21-22(30-12-14-36-15-13-30)27-25(28-23(21)31)32-16-18(24(29-32)35-3)17-8-6-5-7-9-17/h5-11,16H,4,12-15H2,1-3H3/b11-10+. The summed E-state index contributed by atoms with van der Waals surface area (Å²) >= 11 is 0. The van der Waals surface area contributed by atoms with Crippen LogP contribution in [0, 0.1) is 0 Å². The van der Waals surface area contributed by atoms with Crippen LogP contribution in [0.25, 0.3) is 34.3 Å². The minimum absolute atomic E-state index is 0.391. The molecule has 186 valence electrons. The van der Waals surface area contributed by atoms with Crippen LogP contribution >= 0.6 is 0 Å². The van der Waals surface area contributed by atoms with Gasteiger partial charge in [0, 0.05) is 31.9 Å². The maximum absolute atomic E-state index is 11.7. The Balaban J connectivity index is 1.69. The Hall–Kier alpha value is -4.25. The minimum Gasteiger partial charge on any atom is -0.479 e. The van der Waals surface area contributed by atoms with E-state index in [-0.39, 0.29) is 0 Å². The summed E-state index contributed by atoms with van der Waals surface area (Å²) in [5.74, 6) is 1.68. The summed E-state index contributed by atoms with van der Waals surface area (Å²) < 4.78 is 19.4. The third-order valence-corrected chi connectivity index (χ3v) is 5.95. The molecule has 5 rings (SSSR count). The first kappa shape index (κ1) is 23.5. The highest BCUT2D eigenvalue weighted by Crippen LogP contribution is 2.31. The summed E-state index contributed by atoms with van der Waals surface area (Å²) in [4.78, 5) is 28.4. The molecule has 1 fully saturated rings. The van der Waals surface area contributed by atoms with Gasteiger partial charge in [-0.15, -0.1) is 5.10 Å². The molecule has 0 bridgehead atoms. The number of ether oxygens (including phenoxy) is 3. The fourth-order valence-corrected chi connectivity index (χ4v) is 4.17. The first-order chi connectivity index (χ1) is 17.6. The van der Waals surface area contributed by atoms with Crippen molar-refractivity contribution in [2.75, 3.05) is 45.4 Å². The first-order valence-corrected chi connectivity index (χ1v) is 11.7. The molecule has 4 heterocycles. The summed E-state index contributed by atoms with van der Waals surface area (Å²) in [6.45, 7) is 5.13. The van der Waals surface area contributed by atoms with Crippen molar-refractivity contribution in [2.24, 2.45) is 0 Å². The highest BCUT2D eigenvalue weighted by molar-refractivity contribution is 5.89. The van der Waals surface area contributed by atoms with E-state index < -0.39 is 5.97 Å². The predicted molar refractivity (Wildman–Crippen MR) is 134 cm³/mol. The zero-order valence-corrected chi connectivity index (χ0v) is 20.4. The van der Waals surface area contributed by atoms with E-state index in [2.05, 4.69) is 10.00 Å². The summed E-state index contributed by atoms with van der Waals surface area (Å²) in [5, 5.41) is 4.62. The number of hydrogen-bond acceptors (Lipinski definition) is 9. The van der Waals surface area contributed by atoms with Crippen LogP contribution in [0.1, 0.15) is 12.7 Å². The van der Waals surface area contributed by atoms with Crippen molar-refractivity contribution in [1.29, 1.82) is 0 Å². The lowest BCUT2D eigenvalue weighted by atomic mass is 10.1. The molecule has 0 unspecified atom stereocenters. The van der Waals surface area contributed by atoms with Crippen molar-refractivity contribution in [3.8, 4) is 23.0 Å². The van der Waals surface area contributed by atoms with Gasteiger partial charge in [-0.2, -0.15) is 9.97 Å². The van der Waals surface area contributed by atoms with Gasteiger partial charge in [0.2, 0.25) is 5.88 Å². The monoisotopic (exact) mass is 489 g/mol. The number of nitrogens with zero attached hydrogens (tertiary/aromatic N) is 7. The maximum Gasteiger partial charge on any atom is 0.330 e. The number of aryl methyl sites for hydroxylation is 1. The van der Waals surface area contributed by atoms with E-state index in [4.69, 9.17) is 29.2 Å². The van der Waals surface area contributed by atoms with Crippen LogP contribution < -0.4 is 9.64 Å². The third-order valence-electron chi connectivity index (χ3n) is 5.95. The molecule has 36 heavy (non-hydrogen) atoms. The van der Waals surface area contributed by atoms with Gasteiger partial charge in [-0.05, 0) is 18.6 Å². The van der Waals surface area contributed by atoms with Gasteiger partial charge in [0.15, 0.2) is 17.0 Å². The summed E-state index contributed by atoms with van der Waals surface area (Å²) in [7, 11) is 2.93. The van der Waals surface area contributed by atoms with Gasteiger partial charge in [0.25, 0.3) is 5.95 Å². The number of benzene rings is 1. The number of carbonyl (C=O) groups excluding carboxylic acids is 1. The Labute approximate surface area is 207 Å². The van der Waals surface area contributed by atoms with Crippen molar-refractivity contribution in [3.05, 3.63) is 48.4 Å². The van der Waals surface area contributed by atoms with Gasteiger partial charge in [-0.1, -0.05) is 30.3 Å². The van der Waals surface area contributed by atoms with E-state index in [1.807, 2.05) is 48.0 Å². The number of morpholine rings is 1. The molecular formula is C25H27N7O4. The molecule has 0 atom stereocenters. The fourth-order valence-electron chi connectivity index (χ4n) is 4.17. The molecule has 0 N–H and O–H groups in total. The number of esters is 1. The number of methoxy groups -OCH3 is 2. The topological polar surface area (TPSA) is 109 Å². The zero-order chi connectivity index (χ0) is 25.1. The minimum atomic E-state index is -0.457. The van der Waals surface area contributed by atoms with Gasteiger partial charge < -0.3 is 23.7 Å². The van der Waals surface area contributed by atoms with Crippen LogP contribution in [0.5, 0.6) is 5.88 Å². The van der Waals surface area contributed by atoms with Crippen LogP contribution in [0.2, 0.25) is 0 Å². The van der Waals surface area contributed by atoms with Crippen LogP contribution in [0.3, 0.4) is 0 Å². The second-order valence-electron chi connectivity index (χ2n) is 8.05. The molecule has 0 aliphatic carbocycles. The molecule has 0 amide bonds. The zero-order valence-electron chi connectivity index (χ0n) is 20.4. The highest BCUT2D eigenvalue weighted by Gasteiger charge is 2.24. The summed E-state index contributed by atoms with van der Waals surface area (Å²) in [6, 6.07) is 9.89. The van der Waals surface area contributed by atoms with E-state index in [0.717, 1.165) is 11.1 Å². The Bertz CT molecular complexity index is 1410. The average molecular weight is 490 g/mol. The van der Waals surface area contributed by atoms with Crippen molar-refractivity contribution >= 4 is 29.0 Å². The van der Waals surface area contributed by atoms with Crippen molar-refractivity contribution in [2.45, 2.75) is 13.5 Å². The number of carbonyl (C=O) groups is 1. The second-order valence-corrected chi connectivity index (χ2v) is 8.05. The van der Waals surface area contributed by atoms with Crippen LogP contribution in [0.4, 0.5) is 5.82 Å². The van der Waals surface area contributed by atoms with Crippen molar-refractivity contribution < 1.29 is 19.0 Å². The molecule has 1 aliphatic heterocycles. The highest BCUT2D eigenvalue weighted by atomic mass is 16.5. The SMILES string of the molecule is CCn1c(/C=C/C(=O)OC)nc2c(N3CCOCC3)nc(-n3cc(-c4ccccc4)c(OC)n3)nc21. The summed E-state index contributed by atoms with van der Waals surface area (Å²) in [6.07, 6.45) is 4.84.